The summed E-state index contributed by atoms with van der Waals surface area (Å²) in [5.74, 6) is 1.51. The molecule has 1 aliphatic rings. The molecule has 1 aliphatic heterocycles. The zero-order valence-electron chi connectivity index (χ0n) is 7.68. The van der Waals surface area contributed by atoms with E-state index in [1.165, 1.54) is 0 Å². The van der Waals surface area contributed by atoms with Gasteiger partial charge in [0.25, 0.3) is 0 Å². The molecule has 2 unspecified atom stereocenters. The molecule has 72 valence electrons. The topological polar surface area (TPSA) is 46.8 Å². The smallest absolute Gasteiger partial charge is 0.245 e. The van der Waals surface area contributed by atoms with Crippen LogP contribution in [-0.4, -0.2) is 38.1 Å². The van der Waals surface area contributed by atoms with E-state index >= 15 is 0 Å². The zero-order valence-corrected chi connectivity index (χ0v) is 9.27. The van der Waals surface area contributed by atoms with Gasteiger partial charge in [-0.05, 0) is 16.3 Å². The second-order valence-electron chi connectivity index (χ2n) is 3.50. The van der Waals surface area contributed by atoms with E-state index < -0.39 is 0 Å². The summed E-state index contributed by atoms with van der Waals surface area (Å²) in [5, 5.41) is 11.4. The zero-order chi connectivity index (χ0) is 9.42. The minimum atomic E-state index is 0.546. The number of aryl methyl sites for hydroxylation is 1. The standard InChI is InChI=1S/C7H12BrN5/c1-5-3-13(4-6(5)8)7-9-10-11-12(7)2/h5-6H,3-4H2,1-2H3. The summed E-state index contributed by atoms with van der Waals surface area (Å²) in [4.78, 5) is 2.74. The molecule has 1 aromatic rings. The highest BCUT2D eigenvalue weighted by atomic mass is 79.9. The van der Waals surface area contributed by atoms with Crippen LogP contribution in [-0.2, 0) is 7.05 Å². The maximum atomic E-state index is 3.97. The summed E-state index contributed by atoms with van der Waals surface area (Å²) in [5.41, 5.74) is 0. The average molecular weight is 246 g/mol. The van der Waals surface area contributed by atoms with Crippen LogP contribution < -0.4 is 4.90 Å². The van der Waals surface area contributed by atoms with Crippen molar-refractivity contribution < 1.29 is 0 Å². The summed E-state index contributed by atoms with van der Waals surface area (Å²) in [6, 6.07) is 0. The van der Waals surface area contributed by atoms with Gasteiger partial charge in [0.2, 0.25) is 5.95 Å². The molecule has 0 bridgehead atoms. The lowest BCUT2D eigenvalue weighted by Gasteiger charge is -2.14. The number of aromatic nitrogens is 4. The Morgan fingerprint density at radius 3 is 2.69 bits per heavy atom. The lowest BCUT2D eigenvalue weighted by molar-refractivity contribution is 0.667. The maximum Gasteiger partial charge on any atom is 0.245 e. The van der Waals surface area contributed by atoms with Crippen LogP contribution in [0, 0.1) is 5.92 Å². The SMILES string of the molecule is CC1CN(c2nnnn2C)CC1Br. The first-order valence-electron chi connectivity index (χ1n) is 4.30. The highest BCUT2D eigenvalue weighted by Crippen LogP contribution is 2.25. The quantitative estimate of drug-likeness (QED) is 0.674. The van der Waals surface area contributed by atoms with Crippen LogP contribution in [0.5, 0.6) is 0 Å². The summed E-state index contributed by atoms with van der Waals surface area (Å²) in [6.45, 7) is 4.22. The Morgan fingerprint density at radius 2 is 2.23 bits per heavy atom. The predicted molar refractivity (Wildman–Crippen MR) is 52.9 cm³/mol. The third kappa shape index (κ3) is 1.54. The van der Waals surface area contributed by atoms with E-state index in [0.29, 0.717) is 10.7 Å². The second-order valence-corrected chi connectivity index (χ2v) is 4.68. The predicted octanol–water partition coefficient (Wildman–Crippen LogP) is 0.430. The van der Waals surface area contributed by atoms with Gasteiger partial charge in [0.15, 0.2) is 0 Å². The van der Waals surface area contributed by atoms with E-state index in [1.54, 1.807) is 4.68 Å². The Morgan fingerprint density at radius 1 is 1.46 bits per heavy atom. The molecule has 6 heteroatoms. The van der Waals surface area contributed by atoms with E-state index in [9.17, 15) is 0 Å². The minimum Gasteiger partial charge on any atom is -0.338 e. The number of hydrogen-bond donors (Lipinski definition) is 0. The summed E-state index contributed by atoms with van der Waals surface area (Å²) in [7, 11) is 1.86. The van der Waals surface area contributed by atoms with Gasteiger partial charge >= 0.3 is 0 Å². The van der Waals surface area contributed by atoms with Gasteiger partial charge in [-0.2, -0.15) is 0 Å². The third-order valence-electron chi connectivity index (χ3n) is 2.40. The summed E-state index contributed by atoms with van der Waals surface area (Å²) in [6.07, 6.45) is 0. The summed E-state index contributed by atoms with van der Waals surface area (Å²) < 4.78 is 1.71. The first kappa shape index (κ1) is 8.93. The molecule has 2 atom stereocenters. The highest BCUT2D eigenvalue weighted by Gasteiger charge is 2.29. The van der Waals surface area contributed by atoms with Crippen LogP contribution in [0.4, 0.5) is 5.95 Å². The van der Waals surface area contributed by atoms with Crippen molar-refractivity contribution in [2.24, 2.45) is 13.0 Å². The fourth-order valence-electron chi connectivity index (χ4n) is 1.58. The maximum absolute atomic E-state index is 3.97. The number of anilines is 1. The molecule has 5 nitrogen and oxygen atoms in total. The molecule has 0 radical (unpaired) electrons. The van der Waals surface area contributed by atoms with Crippen LogP contribution in [0.3, 0.4) is 0 Å². The van der Waals surface area contributed by atoms with Crippen molar-refractivity contribution in [3.05, 3.63) is 0 Å². The lowest BCUT2D eigenvalue weighted by Crippen LogP contribution is -2.23. The monoisotopic (exact) mass is 245 g/mol. The molecule has 1 saturated heterocycles. The second kappa shape index (κ2) is 3.25. The van der Waals surface area contributed by atoms with Crippen molar-refractivity contribution >= 4 is 21.9 Å². The molecule has 13 heavy (non-hydrogen) atoms. The number of tetrazole rings is 1. The number of rotatable bonds is 1. The molecule has 2 heterocycles. The van der Waals surface area contributed by atoms with Gasteiger partial charge < -0.3 is 4.90 Å². The lowest BCUT2D eigenvalue weighted by atomic mass is 10.2. The molecule has 0 aliphatic carbocycles. The van der Waals surface area contributed by atoms with E-state index in [2.05, 4.69) is 43.3 Å². The molecule has 1 fully saturated rings. The van der Waals surface area contributed by atoms with Gasteiger partial charge in [0.1, 0.15) is 0 Å². The van der Waals surface area contributed by atoms with Gasteiger partial charge in [0.05, 0.1) is 0 Å². The van der Waals surface area contributed by atoms with Crippen molar-refractivity contribution in [1.29, 1.82) is 0 Å². The van der Waals surface area contributed by atoms with E-state index in [-0.39, 0.29) is 0 Å². The molecule has 2 rings (SSSR count). The van der Waals surface area contributed by atoms with Crippen LogP contribution in [0.1, 0.15) is 6.92 Å². The van der Waals surface area contributed by atoms with Crippen LogP contribution in [0.2, 0.25) is 0 Å². The Kier molecular flexibility index (Phi) is 2.23. The fraction of sp³-hybridized carbons (Fsp3) is 0.857. The molecular weight excluding hydrogens is 234 g/mol. The first-order valence-corrected chi connectivity index (χ1v) is 5.21. The molecule has 0 amide bonds. The van der Waals surface area contributed by atoms with Crippen LogP contribution in [0.25, 0.3) is 0 Å². The average Bonchev–Trinajstić information content (AvgIpc) is 2.60. The molecule has 0 saturated carbocycles. The van der Waals surface area contributed by atoms with Gasteiger partial charge in [-0.25, -0.2) is 4.68 Å². The third-order valence-corrected chi connectivity index (χ3v) is 3.59. The number of nitrogens with zero attached hydrogens (tertiary/aromatic N) is 5. The fourth-order valence-corrected chi connectivity index (χ4v) is 2.10. The van der Waals surface area contributed by atoms with Crippen molar-refractivity contribution in [2.45, 2.75) is 11.8 Å². The molecule has 1 aromatic heterocycles. The molecular formula is C7H12BrN5. The largest absolute Gasteiger partial charge is 0.338 e. The van der Waals surface area contributed by atoms with Gasteiger partial charge in [-0.1, -0.05) is 28.0 Å². The number of alkyl halides is 1. The first-order chi connectivity index (χ1) is 6.18. The number of halogens is 1. The molecule has 0 aromatic carbocycles. The van der Waals surface area contributed by atoms with Gasteiger partial charge in [0, 0.05) is 25.0 Å². The summed E-state index contributed by atoms with van der Waals surface area (Å²) >= 11 is 3.63. The van der Waals surface area contributed by atoms with Crippen molar-refractivity contribution in [3.63, 3.8) is 0 Å². The van der Waals surface area contributed by atoms with E-state index in [1.807, 2.05) is 7.05 Å². The normalized spacial score (nSPS) is 28.4. The number of hydrogen-bond acceptors (Lipinski definition) is 4. The Bertz CT molecular complexity index is 289. The van der Waals surface area contributed by atoms with Crippen LogP contribution >= 0.6 is 15.9 Å². The highest BCUT2D eigenvalue weighted by molar-refractivity contribution is 9.09. The van der Waals surface area contributed by atoms with Gasteiger partial charge in [-0.15, -0.1) is 0 Å². The Labute approximate surface area is 85.2 Å². The minimum absolute atomic E-state index is 0.546. The van der Waals surface area contributed by atoms with Crippen LogP contribution in [0.15, 0.2) is 0 Å². The molecule has 0 N–H and O–H groups in total. The van der Waals surface area contributed by atoms with Crippen molar-refractivity contribution in [3.8, 4) is 0 Å². The van der Waals surface area contributed by atoms with Crippen molar-refractivity contribution in [2.75, 3.05) is 18.0 Å². The van der Waals surface area contributed by atoms with E-state index in [0.717, 1.165) is 19.0 Å². The van der Waals surface area contributed by atoms with Gasteiger partial charge in [-0.3, -0.25) is 0 Å². The van der Waals surface area contributed by atoms with E-state index in [4.69, 9.17) is 0 Å². The Hall–Kier alpha value is -0.650. The molecule has 0 spiro atoms. The Balaban J connectivity index is 2.16. The van der Waals surface area contributed by atoms with Crippen molar-refractivity contribution in [1.82, 2.24) is 20.2 Å².